The van der Waals surface area contributed by atoms with Crippen LogP contribution < -0.4 is 0 Å². The highest BCUT2D eigenvalue weighted by molar-refractivity contribution is 6.45. The Balaban J connectivity index is 1.58. The van der Waals surface area contributed by atoms with E-state index in [1.165, 1.54) is 11.1 Å². The van der Waals surface area contributed by atoms with E-state index in [4.69, 9.17) is 18.6 Å². The van der Waals surface area contributed by atoms with Gasteiger partial charge in [0.05, 0.1) is 22.4 Å². The summed E-state index contributed by atoms with van der Waals surface area (Å²) in [5.74, 6) is 0. The van der Waals surface area contributed by atoms with Crippen molar-refractivity contribution in [3.8, 4) is 0 Å². The van der Waals surface area contributed by atoms with Crippen LogP contribution >= 0.6 is 0 Å². The molecule has 0 atom stereocenters. The van der Waals surface area contributed by atoms with Gasteiger partial charge in [-0.05, 0) is 66.5 Å². The fraction of sp³-hybridized carbons (Fsp3) is 0.700. The van der Waals surface area contributed by atoms with Crippen molar-refractivity contribution in [2.45, 2.75) is 90.4 Å². The Bertz CT molecular complexity index is 563. The monoisotopic (exact) mass is 358 g/mol. The molecule has 6 heteroatoms. The molecule has 0 amide bonds. The molecular formula is C20H32B2O4. The summed E-state index contributed by atoms with van der Waals surface area (Å²) in [6, 6.07) is 8.58. The first-order valence-corrected chi connectivity index (χ1v) is 9.60. The molecule has 2 aliphatic rings. The molecule has 0 radical (unpaired) electrons. The third kappa shape index (κ3) is 3.75. The van der Waals surface area contributed by atoms with E-state index in [2.05, 4.69) is 79.7 Å². The first kappa shape index (κ1) is 19.9. The van der Waals surface area contributed by atoms with E-state index in [-0.39, 0.29) is 36.6 Å². The Morgan fingerprint density at radius 1 is 0.538 bits per heavy atom. The molecule has 0 spiro atoms. The van der Waals surface area contributed by atoms with Crippen LogP contribution in [0.25, 0.3) is 0 Å². The predicted octanol–water partition coefficient (Wildman–Crippen LogP) is 4.03. The maximum atomic E-state index is 6.09. The van der Waals surface area contributed by atoms with Crippen LogP contribution in [0, 0.1) is 0 Å². The Kier molecular flexibility index (Phi) is 4.88. The summed E-state index contributed by atoms with van der Waals surface area (Å²) in [5.41, 5.74) is 1.29. The number of hydrogen-bond donors (Lipinski definition) is 0. The van der Waals surface area contributed by atoms with Gasteiger partial charge in [0.25, 0.3) is 0 Å². The van der Waals surface area contributed by atoms with Crippen LogP contribution in [-0.4, -0.2) is 36.6 Å². The van der Waals surface area contributed by atoms with Gasteiger partial charge in [0.2, 0.25) is 0 Å². The van der Waals surface area contributed by atoms with Crippen molar-refractivity contribution in [1.82, 2.24) is 0 Å². The van der Waals surface area contributed by atoms with Crippen molar-refractivity contribution in [3.05, 3.63) is 35.4 Å². The summed E-state index contributed by atoms with van der Waals surface area (Å²) < 4.78 is 24.4. The van der Waals surface area contributed by atoms with Crippen molar-refractivity contribution in [2.24, 2.45) is 0 Å². The Hall–Kier alpha value is -0.810. The van der Waals surface area contributed by atoms with Gasteiger partial charge in [-0.3, -0.25) is 0 Å². The minimum atomic E-state index is -0.283. The van der Waals surface area contributed by atoms with E-state index < -0.39 is 0 Å². The molecule has 0 saturated carbocycles. The van der Waals surface area contributed by atoms with Crippen molar-refractivity contribution in [3.63, 3.8) is 0 Å². The minimum Gasteiger partial charge on any atom is -0.403 e. The van der Waals surface area contributed by atoms with E-state index in [1.54, 1.807) is 0 Å². The van der Waals surface area contributed by atoms with Crippen LogP contribution in [0.4, 0.5) is 0 Å². The van der Waals surface area contributed by atoms with E-state index in [0.29, 0.717) is 0 Å². The fourth-order valence-electron chi connectivity index (χ4n) is 3.29. The van der Waals surface area contributed by atoms with Gasteiger partial charge >= 0.3 is 14.2 Å². The molecule has 0 aromatic heterocycles. The number of rotatable bonds is 4. The Labute approximate surface area is 159 Å². The summed E-state index contributed by atoms with van der Waals surface area (Å²) in [7, 11) is -0.400. The van der Waals surface area contributed by atoms with Gasteiger partial charge in [-0.25, -0.2) is 0 Å². The van der Waals surface area contributed by atoms with Gasteiger partial charge < -0.3 is 18.6 Å². The Morgan fingerprint density at radius 2 is 0.769 bits per heavy atom. The van der Waals surface area contributed by atoms with Crippen LogP contribution in [0.5, 0.6) is 0 Å². The van der Waals surface area contributed by atoms with Crippen LogP contribution in [0.1, 0.15) is 66.5 Å². The zero-order valence-corrected chi connectivity index (χ0v) is 17.5. The summed E-state index contributed by atoms with van der Waals surface area (Å²) in [6.45, 7) is 16.7. The highest BCUT2D eigenvalue weighted by Crippen LogP contribution is 2.38. The lowest BCUT2D eigenvalue weighted by atomic mass is 9.78. The second-order valence-corrected chi connectivity index (χ2v) is 9.60. The molecule has 3 rings (SSSR count). The van der Waals surface area contributed by atoms with E-state index >= 15 is 0 Å². The molecule has 2 fully saturated rings. The lowest BCUT2D eigenvalue weighted by Crippen LogP contribution is -2.41. The highest BCUT2D eigenvalue weighted by Gasteiger charge is 2.51. The molecule has 1 aromatic rings. The van der Waals surface area contributed by atoms with E-state index in [1.807, 2.05) is 0 Å². The van der Waals surface area contributed by atoms with Gasteiger partial charge in [-0.1, -0.05) is 24.3 Å². The smallest absolute Gasteiger partial charge is 0.403 e. The van der Waals surface area contributed by atoms with Crippen LogP contribution in [0.15, 0.2) is 24.3 Å². The maximum absolute atomic E-state index is 6.09. The van der Waals surface area contributed by atoms with Gasteiger partial charge in [-0.15, -0.1) is 0 Å². The molecule has 0 N–H and O–H groups in total. The average Bonchev–Trinajstić information content (AvgIpc) is 2.79. The van der Waals surface area contributed by atoms with Crippen molar-refractivity contribution < 1.29 is 18.6 Å². The molecular weight excluding hydrogens is 326 g/mol. The summed E-state index contributed by atoms with van der Waals surface area (Å²) in [6.07, 6.45) is 1.51. The zero-order chi connectivity index (χ0) is 19.4. The quantitative estimate of drug-likeness (QED) is 0.762. The first-order chi connectivity index (χ1) is 11.8. The summed E-state index contributed by atoms with van der Waals surface area (Å²) in [4.78, 5) is 0. The molecule has 26 heavy (non-hydrogen) atoms. The predicted molar refractivity (Wildman–Crippen MR) is 106 cm³/mol. The van der Waals surface area contributed by atoms with Gasteiger partial charge in [-0.2, -0.15) is 0 Å². The van der Waals surface area contributed by atoms with Gasteiger partial charge in [0.15, 0.2) is 0 Å². The maximum Gasteiger partial charge on any atom is 0.462 e. The molecule has 2 heterocycles. The lowest BCUT2D eigenvalue weighted by Gasteiger charge is -2.32. The summed E-state index contributed by atoms with van der Waals surface area (Å²) >= 11 is 0. The lowest BCUT2D eigenvalue weighted by molar-refractivity contribution is 0.00578. The van der Waals surface area contributed by atoms with Crippen LogP contribution in [0.2, 0.25) is 0 Å². The third-order valence-corrected chi connectivity index (χ3v) is 6.43. The number of hydrogen-bond acceptors (Lipinski definition) is 4. The molecule has 0 unspecified atom stereocenters. The van der Waals surface area contributed by atoms with Crippen molar-refractivity contribution in [1.29, 1.82) is 0 Å². The topological polar surface area (TPSA) is 36.9 Å². The number of benzene rings is 1. The molecule has 142 valence electrons. The second-order valence-electron chi connectivity index (χ2n) is 9.60. The minimum absolute atomic E-state index is 0.200. The SMILES string of the molecule is CC1(C)OB(Cc2ccc(CB3OC(C)(C)C(C)(C)O3)cc2)OC1(C)C. The Morgan fingerprint density at radius 3 is 1.00 bits per heavy atom. The summed E-state index contributed by atoms with van der Waals surface area (Å²) in [5, 5.41) is 0. The normalized spacial score (nSPS) is 25.7. The average molecular weight is 358 g/mol. The fourth-order valence-corrected chi connectivity index (χ4v) is 3.29. The van der Waals surface area contributed by atoms with Crippen LogP contribution in [0.3, 0.4) is 0 Å². The second kappa shape index (κ2) is 6.37. The van der Waals surface area contributed by atoms with Crippen molar-refractivity contribution >= 4 is 14.2 Å². The van der Waals surface area contributed by atoms with Crippen molar-refractivity contribution in [2.75, 3.05) is 0 Å². The molecule has 0 aliphatic carbocycles. The third-order valence-electron chi connectivity index (χ3n) is 6.43. The standard InChI is InChI=1S/C20H32B2O4/c1-17(2)18(3,4)24-21(23-17)13-15-9-11-16(12-10-15)14-22-25-19(5,6)20(7,8)26-22/h9-12H,13-14H2,1-8H3. The highest BCUT2D eigenvalue weighted by atomic mass is 16.7. The molecule has 0 bridgehead atoms. The van der Waals surface area contributed by atoms with Gasteiger partial charge in [0, 0.05) is 12.6 Å². The first-order valence-electron chi connectivity index (χ1n) is 9.60. The van der Waals surface area contributed by atoms with E-state index in [9.17, 15) is 0 Å². The van der Waals surface area contributed by atoms with E-state index in [0.717, 1.165) is 12.6 Å². The van der Waals surface area contributed by atoms with Crippen LogP contribution in [-0.2, 0) is 31.3 Å². The molecule has 4 nitrogen and oxygen atoms in total. The zero-order valence-electron chi connectivity index (χ0n) is 17.5. The largest absolute Gasteiger partial charge is 0.462 e. The molecule has 2 aliphatic heterocycles. The molecule has 1 aromatic carbocycles. The van der Waals surface area contributed by atoms with Gasteiger partial charge in [0.1, 0.15) is 0 Å². The molecule has 2 saturated heterocycles.